The second-order valence-electron chi connectivity index (χ2n) is 6.16. The van der Waals surface area contributed by atoms with Crippen LogP contribution >= 0.6 is 0 Å². The molecule has 0 spiro atoms. The van der Waals surface area contributed by atoms with Gasteiger partial charge in [-0.05, 0) is 42.1 Å². The van der Waals surface area contributed by atoms with Crippen molar-refractivity contribution < 1.29 is 5.11 Å². The highest BCUT2D eigenvalue weighted by Gasteiger charge is 2.28. The van der Waals surface area contributed by atoms with Gasteiger partial charge >= 0.3 is 0 Å². The Hall–Kier alpha value is -1.97. The molecule has 1 aliphatic rings. The summed E-state index contributed by atoms with van der Waals surface area (Å²) in [4.78, 5) is 6.50. The molecular formula is C20H24N2O. The summed E-state index contributed by atoms with van der Waals surface area (Å²) in [5.41, 5.74) is 3.21. The van der Waals surface area contributed by atoms with Gasteiger partial charge in [-0.1, -0.05) is 42.8 Å². The van der Waals surface area contributed by atoms with Crippen LogP contribution in [0.15, 0.2) is 61.4 Å². The van der Waals surface area contributed by atoms with Crippen molar-refractivity contribution in [2.45, 2.75) is 31.4 Å². The molecule has 0 aliphatic carbocycles. The van der Waals surface area contributed by atoms with E-state index in [0.717, 1.165) is 36.2 Å². The summed E-state index contributed by atoms with van der Waals surface area (Å²) >= 11 is 0. The fraction of sp³-hybridized carbons (Fsp3) is 0.350. The number of aliphatic hydroxyl groups excluding tert-OH is 1. The van der Waals surface area contributed by atoms with Crippen molar-refractivity contribution in [3.63, 3.8) is 0 Å². The molecule has 1 N–H and O–H groups in total. The average Bonchev–Trinajstić information content (AvgIpc) is 2.63. The summed E-state index contributed by atoms with van der Waals surface area (Å²) in [5.74, 6) is 0. The number of rotatable bonds is 5. The number of aliphatic hydroxyl groups is 1. The SMILES string of the molecule is C=CCN1CCCC[C@H]1[C@@H](O)c1ccc(-c2cccnc2)cc1. The van der Waals surface area contributed by atoms with E-state index < -0.39 is 6.10 Å². The highest BCUT2D eigenvalue weighted by molar-refractivity contribution is 5.62. The van der Waals surface area contributed by atoms with Gasteiger partial charge in [-0.15, -0.1) is 6.58 Å². The van der Waals surface area contributed by atoms with E-state index in [9.17, 15) is 5.11 Å². The second kappa shape index (κ2) is 7.53. The third kappa shape index (κ3) is 3.69. The standard InChI is InChI=1S/C20H24N2O/c1-2-13-22-14-4-3-7-19(22)20(23)17-10-8-16(9-11-17)18-6-5-12-21-15-18/h2,5-6,8-12,15,19-20,23H,1,3-4,7,13-14H2/t19-,20-/m0/s1. The average molecular weight is 308 g/mol. The van der Waals surface area contributed by atoms with Crippen molar-refractivity contribution in [2.24, 2.45) is 0 Å². The molecule has 1 aliphatic heterocycles. The minimum Gasteiger partial charge on any atom is -0.387 e. The van der Waals surface area contributed by atoms with E-state index >= 15 is 0 Å². The molecule has 0 bridgehead atoms. The first-order chi connectivity index (χ1) is 11.3. The van der Waals surface area contributed by atoms with Crippen molar-refractivity contribution >= 4 is 0 Å². The molecule has 1 saturated heterocycles. The maximum absolute atomic E-state index is 10.8. The normalized spacial score (nSPS) is 20.1. The zero-order chi connectivity index (χ0) is 16.1. The van der Waals surface area contributed by atoms with Crippen LogP contribution in [0, 0.1) is 0 Å². The van der Waals surface area contributed by atoms with Gasteiger partial charge in [0.05, 0.1) is 6.10 Å². The summed E-state index contributed by atoms with van der Waals surface area (Å²) in [6.07, 6.45) is 8.55. The van der Waals surface area contributed by atoms with Crippen LogP contribution in [0.2, 0.25) is 0 Å². The van der Waals surface area contributed by atoms with E-state index in [-0.39, 0.29) is 6.04 Å². The van der Waals surface area contributed by atoms with E-state index in [1.54, 1.807) is 6.20 Å². The molecule has 3 rings (SSSR count). The number of hydrogen-bond acceptors (Lipinski definition) is 3. The van der Waals surface area contributed by atoms with E-state index in [2.05, 4.69) is 28.6 Å². The highest BCUT2D eigenvalue weighted by Crippen LogP contribution is 2.30. The Kier molecular flexibility index (Phi) is 5.21. The predicted molar refractivity (Wildman–Crippen MR) is 94.0 cm³/mol. The van der Waals surface area contributed by atoms with Crippen molar-refractivity contribution in [3.05, 3.63) is 67.0 Å². The van der Waals surface area contributed by atoms with Gasteiger partial charge in [0.25, 0.3) is 0 Å². The maximum Gasteiger partial charge on any atom is 0.0945 e. The first-order valence-corrected chi connectivity index (χ1v) is 8.33. The van der Waals surface area contributed by atoms with Crippen LogP contribution in [0.25, 0.3) is 11.1 Å². The van der Waals surface area contributed by atoms with Gasteiger partial charge in [0.15, 0.2) is 0 Å². The Bertz CT molecular complexity index is 624. The van der Waals surface area contributed by atoms with Gasteiger partial charge in [-0.25, -0.2) is 0 Å². The Morgan fingerprint density at radius 3 is 2.74 bits per heavy atom. The van der Waals surface area contributed by atoms with E-state index in [0.29, 0.717) is 0 Å². The third-order valence-electron chi connectivity index (χ3n) is 4.64. The number of hydrogen-bond donors (Lipinski definition) is 1. The van der Waals surface area contributed by atoms with Crippen LogP contribution in [0.5, 0.6) is 0 Å². The lowest BCUT2D eigenvalue weighted by Gasteiger charge is -2.38. The topological polar surface area (TPSA) is 36.4 Å². The molecule has 1 fully saturated rings. The summed E-state index contributed by atoms with van der Waals surface area (Å²) in [6, 6.07) is 12.4. The number of nitrogens with zero attached hydrogens (tertiary/aromatic N) is 2. The number of aromatic nitrogens is 1. The molecule has 3 heteroatoms. The first kappa shape index (κ1) is 15.9. The monoisotopic (exact) mass is 308 g/mol. The Labute approximate surface area is 138 Å². The lowest BCUT2D eigenvalue weighted by Crippen LogP contribution is -2.43. The molecule has 1 aromatic heterocycles. The van der Waals surface area contributed by atoms with Crippen LogP contribution < -0.4 is 0 Å². The third-order valence-corrected chi connectivity index (χ3v) is 4.64. The lowest BCUT2D eigenvalue weighted by molar-refractivity contribution is 0.0317. The van der Waals surface area contributed by atoms with Gasteiger partial charge in [-0.3, -0.25) is 9.88 Å². The largest absolute Gasteiger partial charge is 0.387 e. The van der Waals surface area contributed by atoms with Crippen molar-refractivity contribution in [2.75, 3.05) is 13.1 Å². The van der Waals surface area contributed by atoms with Crippen LogP contribution in [0.4, 0.5) is 0 Å². The number of benzene rings is 1. The number of piperidine rings is 1. The zero-order valence-corrected chi connectivity index (χ0v) is 13.4. The van der Waals surface area contributed by atoms with Crippen LogP contribution in [-0.4, -0.2) is 34.1 Å². The number of likely N-dealkylation sites (tertiary alicyclic amines) is 1. The van der Waals surface area contributed by atoms with Gasteiger partial charge in [0.1, 0.15) is 0 Å². The summed E-state index contributed by atoms with van der Waals surface area (Å²) in [5, 5.41) is 10.8. The Balaban J connectivity index is 1.76. The smallest absolute Gasteiger partial charge is 0.0945 e. The van der Waals surface area contributed by atoms with Crippen molar-refractivity contribution in [1.29, 1.82) is 0 Å². The summed E-state index contributed by atoms with van der Waals surface area (Å²) in [7, 11) is 0. The van der Waals surface area contributed by atoms with Gasteiger partial charge < -0.3 is 5.11 Å². The minimum absolute atomic E-state index is 0.186. The van der Waals surface area contributed by atoms with E-state index in [1.807, 2.05) is 36.5 Å². The second-order valence-corrected chi connectivity index (χ2v) is 6.16. The molecule has 2 aromatic rings. The quantitative estimate of drug-likeness (QED) is 0.853. The lowest BCUT2D eigenvalue weighted by atomic mass is 9.92. The maximum atomic E-state index is 10.8. The molecular weight excluding hydrogens is 284 g/mol. The van der Waals surface area contributed by atoms with Crippen molar-refractivity contribution in [3.8, 4) is 11.1 Å². The Morgan fingerprint density at radius 2 is 2.04 bits per heavy atom. The predicted octanol–water partition coefficient (Wildman–Crippen LogP) is 3.82. The van der Waals surface area contributed by atoms with Crippen LogP contribution in [0.1, 0.15) is 30.9 Å². The Morgan fingerprint density at radius 1 is 1.22 bits per heavy atom. The van der Waals surface area contributed by atoms with E-state index in [4.69, 9.17) is 0 Å². The van der Waals surface area contributed by atoms with Gasteiger partial charge in [0, 0.05) is 25.0 Å². The zero-order valence-electron chi connectivity index (χ0n) is 13.4. The molecule has 120 valence electrons. The van der Waals surface area contributed by atoms with Crippen LogP contribution in [0.3, 0.4) is 0 Å². The molecule has 0 saturated carbocycles. The molecule has 0 amide bonds. The fourth-order valence-electron chi connectivity index (χ4n) is 3.40. The van der Waals surface area contributed by atoms with Gasteiger partial charge in [-0.2, -0.15) is 0 Å². The molecule has 2 heterocycles. The van der Waals surface area contributed by atoms with E-state index in [1.165, 1.54) is 12.8 Å². The minimum atomic E-state index is -0.446. The van der Waals surface area contributed by atoms with Gasteiger partial charge in [0.2, 0.25) is 0 Å². The summed E-state index contributed by atoms with van der Waals surface area (Å²) < 4.78 is 0. The summed E-state index contributed by atoms with van der Waals surface area (Å²) in [6.45, 7) is 5.72. The van der Waals surface area contributed by atoms with Crippen molar-refractivity contribution in [1.82, 2.24) is 9.88 Å². The molecule has 3 nitrogen and oxygen atoms in total. The molecule has 23 heavy (non-hydrogen) atoms. The number of pyridine rings is 1. The fourth-order valence-corrected chi connectivity index (χ4v) is 3.40. The molecule has 2 atom stereocenters. The van der Waals surface area contributed by atoms with Crippen LogP contribution in [-0.2, 0) is 0 Å². The molecule has 0 radical (unpaired) electrons. The molecule has 1 aromatic carbocycles. The first-order valence-electron chi connectivity index (χ1n) is 8.33. The highest BCUT2D eigenvalue weighted by atomic mass is 16.3. The molecule has 0 unspecified atom stereocenters.